The lowest BCUT2D eigenvalue weighted by Gasteiger charge is -2.18. The van der Waals surface area contributed by atoms with E-state index in [4.69, 9.17) is 4.42 Å². The van der Waals surface area contributed by atoms with Crippen LogP contribution in [0.3, 0.4) is 0 Å². The predicted molar refractivity (Wildman–Crippen MR) is 108 cm³/mol. The summed E-state index contributed by atoms with van der Waals surface area (Å²) in [7, 11) is 0. The van der Waals surface area contributed by atoms with Crippen molar-refractivity contribution in [2.45, 2.75) is 51.8 Å². The van der Waals surface area contributed by atoms with Crippen molar-refractivity contribution >= 4 is 17.7 Å². The molecule has 0 unspecified atom stereocenters. The summed E-state index contributed by atoms with van der Waals surface area (Å²) in [6, 6.07) is 7.68. The van der Waals surface area contributed by atoms with E-state index in [-0.39, 0.29) is 17.9 Å². The average Bonchev–Trinajstić information content (AvgIpc) is 3.10. The topological polar surface area (TPSA) is 72.5 Å². The third kappa shape index (κ3) is 6.66. The summed E-state index contributed by atoms with van der Waals surface area (Å²) in [4.78, 5) is 13.8. The molecule has 2 aromatic rings. The Bertz CT molecular complexity index is 718. The van der Waals surface area contributed by atoms with E-state index in [2.05, 4.69) is 50.1 Å². The van der Waals surface area contributed by atoms with Gasteiger partial charge < -0.3 is 14.6 Å². The van der Waals surface area contributed by atoms with E-state index in [1.54, 1.807) is 16.7 Å². The molecular weight excluding hydrogens is 360 g/mol. The van der Waals surface area contributed by atoms with Gasteiger partial charge in [-0.25, -0.2) is 0 Å². The number of nitrogens with one attached hydrogen (secondary N) is 2. The van der Waals surface area contributed by atoms with Gasteiger partial charge in [0.15, 0.2) is 0 Å². The minimum atomic E-state index is -0.145. The fourth-order valence-corrected chi connectivity index (χ4v) is 3.45. The molecule has 1 aromatic heterocycles. The molecule has 0 saturated carbocycles. The Morgan fingerprint density at radius 2 is 1.81 bits per heavy atom. The number of nitrogens with zero attached hydrogens (tertiary/aromatic N) is 2. The van der Waals surface area contributed by atoms with Gasteiger partial charge >= 0.3 is 0 Å². The Kier molecular flexibility index (Phi) is 7.86. The molecule has 0 fully saturated rings. The summed E-state index contributed by atoms with van der Waals surface area (Å²) in [5.74, 6) is 1.21. The predicted octanol–water partition coefficient (Wildman–Crippen LogP) is 2.31. The number of carbonyl (C=O) groups is 1. The van der Waals surface area contributed by atoms with E-state index < -0.39 is 0 Å². The van der Waals surface area contributed by atoms with E-state index in [0.29, 0.717) is 16.7 Å². The Morgan fingerprint density at radius 3 is 2.41 bits per heavy atom. The lowest BCUT2D eigenvalue weighted by Crippen LogP contribution is -3.11. The highest BCUT2D eigenvalue weighted by atomic mass is 32.2. The number of aromatic nitrogens is 2. The molecule has 0 aliphatic rings. The number of amides is 1. The molecule has 0 radical (unpaired) electrons. The fourth-order valence-electron chi connectivity index (χ4n) is 2.63. The van der Waals surface area contributed by atoms with Gasteiger partial charge in [0.1, 0.15) is 0 Å². The van der Waals surface area contributed by atoms with E-state index in [0.717, 1.165) is 25.4 Å². The summed E-state index contributed by atoms with van der Waals surface area (Å²) in [5.41, 5.74) is 1.89. The van der Waals surface area contributed by atoms with Gasteiger partial charge in [-0.3, -0.25) is 4.79 Å². The van der Waals surface area contributed by atoms with Crippen LogP contribution in [0, 0.1) is 0 Å². The van der Waals surface area contributed by atoms with Crippen molar-refractivity contribution in [1.29, 1.82) is 0 Å². The van der Waals surface area contributed by atoms with Gasteiger partial charge in [-0.2, -0.15) is 0 Å². The highest BCUT2D eigenvalue weighted by Gasteiger charge is 2.15. The van der Waals surface area contributed by atoms with Crippen molar-refractivity contribution < 1.29 is 14.1 Å². The Labute approximate surface area is 166 Å². The van der Waals surface area contributed by atoms with Crippen LogP contribution < -0.4 is 10.2 Å². The Balaban J connectivity index is 1.81. The zero-order valence-electron chi connectivity index (χ0n) is 17.0. The smallest absolute Gasteiger partial charge is 0.276 e. The number of hydrogen-bond acceptors (Lipinski definition) is 5. The zero-order valence-corrected chi connectivity index (χ0v) is 17.8. The van der Waals surface area contributed by atoms with Gasteiger partial charge in [0.05, 0.1) is 31.9 Å². The summed E-state index contributed by atoms with van der Waals surface area (Å²) >= 11 is 1.56. The number of rotatable bonds is 9. The molecule has 148 valence electrons. The first kappa shape index (κ1) is 21.4. The lowest BCUT2D eigenvalue weighted by molar-refractivity contribution is -0.893. The molecular formula is C20H31N4O2S+. The molecule has 6 nitrogen and oxygen atoms in total. The first-order valence-corrected chi connectivity index (χ1v) is 10.5. The van der Waals surface area contributed by atoms with Crippen LogP contribution in [0.2, 0.25) is 0 Å². The van der Waals surface area contributed by atoms with Crippen molar-refractivity contribution in [2.24, 2.45) is 0 Å². The van der Waals surface area contributed by atoms with Crippen molar-refractivity contribution in [3.05, 3.63) is 41.3 Å². The summed E-state index contributed by atoms with van der Waals surface area (Å²) < 4.78 is 5.60. The normalized spacial score (nSPS) is 11.8. The SMILES string of the molecule is CC[NH+](CC)CCSc1nnc(CNC(=O)c2ccc(C(C)(C)C)cc2)o1. The van der Waals surface area contributed by atoms with Crippen LogP contribution in [-0.4, -0.2) is 41.5 Å². The zero-order chi connectivity index (χ0) is 19.9. The summed E-state index contributed by atoms with van der Waals surface area (Å²) in [6.07, 6.45) is 0. The number of quaternary nitrogens is 1. The van der Waals surface area contributed by atoms with Gasteiger partial charge in [0.25, 0.3) is 11.1 Å². The number of benzene rings is 1. The van der Waals surface area contributed by atoms with Gasteiger partial charge in [-0.05, 0) is 37.0 Å². The van der Waals surface area contributed by atoms with Crippen molar-refractivity contribution in [3.63, 3.8) is 0 Å². The molecule has 1 aromatic carbocycles. The summed E-state index contributed by atoms with van der Waals surface area (Å²) in [6.45, 7) is 14.4. The second-order valence-corrected chi connectivity index (χ2v) is 8.57. The fraction of sp³-hybridized carbons (Fsp3) is 0.550. The van der Waals surface area contributed by atoms with Crippen LogP contribution in [0.25, 0.3) is 0 Å². The molecule has 0 aliphatic heterocycles. The highest BCUT2D eigenvalue weighted by molar-refractivity contribution is 7.99. The standard InChI is InChI=1S/C20H30N4O2S/c1-6-24(7-2)12-13-27-19-23-22-17(26-19)14-21-18(25)15-8-10-16(11-9-15)20(3,4)5/h8-11H,6-7,12-14H2,1-5H3,(H,21,25)/p+1. The van der Waals surface area contributed by atoms with Crippen molar-refractivity contribution in [1.82, 2.24) is 15.5 Å². The largest absolute Gasteiger partial charge is 0.414 e. The van der Waals surface area contributed by atoms with Gasteiger partial charge in [-0.15, -0.1) is 10.2 Å². The first-order chi connectivity index (χ1) is 12.8. The molecule has 1 heterocycles. The minimum absolute atomic E-state index is 0.0691. The van der Waals surface area contributed by atoms with Gasteiger partial charge in [-0.1, -0.05) is 44.7 Å². The molecule has 0 spiro atoms. The molecule has 0 saturated heterocycles. The molecule has 7 heteroatoms. The molecule has 27 heavy (non-hydrogen) atoms. The first-order valence-electron chi connectivity index (χ1n) is 9.51. The maximum atomic E-state index is 12.3. The number of hydrogen-bond donors (Lipinski definition) is 2. The highest BCUT2D eigenvalue weighted by Crippen LogP contribution is 2.22. The quantitative estimate of drug-likeness (QED) is 0.642. The van der Waals surface area contributed by atoms with Crippen molar-refractivity contribution in [3.8, 4) is 0 Å². The molecule has 0 atom stereocenters. The second-order valence-electron chi connectivity index (χ2n) is 7.53. The van der Waals surface area contributed by atoms with Gasteiger partial charge in [0.2, 0.25) is 5.89 Å². The van der Waals surface area contributed by atoms with Crippen LogP contribution in [0.4, 0.5) is 0 Å². The Hall–Kier alpha value is -1.86. The monoisotopic (exact) mass is 391 g/mol. The van der Waals surface area contributed by atoms with E-state index in [1.165, 1.54) is 5.56 Å². The maximum Gasteiger partial charge on any atom is 0.276 e. The van der Waals surface area contributed by atoms with Crippen LogP contribution >= 0.6 is 11.8 Å². The second kappa shape index (κ2) is 9.90. The van der Waals surface area contributed by atoms with E-state index in [1.807, 2.05) is 24.3 Å². The number of carbonyl (C=O) groups excluding carboxylic acids is 1. The van der Waals surface area contributed by atoms with E-state index in [9.17, 15) is 4.79 Å². The van der Waals surface area contributed by atoms with Crippen LogP contribution in [-0.2, 0) is 12.0 Å². The van der Waals surface area contributed by atoms with Crippen LogP contribution in [0.5, 0.6) is 0 Å². The molecule has 2 N–H and O–H groups in total. The van der Waals surface area contributed by atoms with Crippen molar-refractivity contribution in [2.75, 3.05) is 25.4 Å². The molecule has 1 amide bonds. The van der Waals surface area contributed by atoms with E-state index >= 15 is 0 Å². The Morgan fingerprint density at radius 1 is 1.15 bits per heavy atom. The third-order valence-electron chi connectivity index (χ3n) is 4.54. The summed E-state index contributed by atoms with van der Waals surface area (Å²) in [5, 5.41) is 11.4. The lowest BCUT2D eigenvalue weighted by atomic mass is 9.87. The third-order valence-corrected chi connectivity index (χ3v) is 5.36. The number of thioether (sulfide) groups is 1. The average molecular weight is 392 g/mol. The molecule has 0 bridgehead atoms. The van der Waals surface area contributed by atoms with Crippen LogP contribution in [0.1, 0.15) is 56.4 Å². The minimum Gasteiger partial charge on any atom is -0.414 e. The molecule has 0 aliphatic carbocycles. The van der Waals surface area contributed by atoms with Gasteiger partial charge in [0, 0.05) is 5.56 Å². The maximum absolute atomic E-state index is 12.3. The molecule has 2 rings (SSSR count). The van der Waals surface area contributed by atoms with Crippen LogP contribution in [0.15, 0.2) is 33.9 Å².